The molecule has 0 spiro atoms. The van der Waals surface area contributed by atoms with Gasteiger partial charge in [-0.25, -0.2) is 8.42 Å². The monoisotopic (exact) mass is 282 g/mol. The Labute approximate surface area is 115 Å². The Morgan fingerprint density at radius 1 is 1.37 bits per heavy atom. The Kier molecular flexibility index (Phi) is 4.04. The van der Waals surface area contributed by atoms with Crippen LogP contribution in [-0.4, -0.2) is 21.2 Å². The first-order valence-corrected chi connectivity index (χ1v) is 8.60. The molecule has 2 unspecified atom stereocenters. The summed E-state index contributed by atoms with van der Waals surface area (Å²) in [5.41, 5.74) is 7.23. The van der Waals surface area contributed by atoms with E-state index in [1.807, 2.05) is 0 Å². The van der Waals surface area contributed by atoms with Crippen LogP contribution in [0.5, 0.6) is 0 Å². The molecule has 0 aliphatic heterocycles. The van der Waals surface area contributed by atoms with Crippen LogP contribution in [0.3, 0.4) is 0 Å². The fraction of sp³-hybridized carbons (Fsp3) is 0.571. The van der Waals surface area contributed by atoms with Crippen molar-refractivity contribution in [2.45, 2.75) is 31.1 Å². The molecule has 0 saturated heterocycles. The van der Waals surface area contributed by atoms with Crippen molar-refractivity contribution >= 4 is 21.2 Å². The van der Waals surface area contributed by atoms with Gasteiger partial charge in [-0.1, -0.05) is 19.8 Å². The van der Waals surface area contributed by atoms with Gasteiger partial charge in [0.2, 0.25) is 0 Å². The van der Waals surface area contributed by atoms with Gasteiger partial charge >= 0.3 is 0 Å². The molecular weight excluding hydrogens is 260 g/mol. The number of rotatable bonds is 4. The Bertz CT molecular complexity index is 555. The highest BCUT2D eigenvalue weighted by atomic mass is 32.2. The fourth-order valence-electron chi connectivity index (χ4n) is 2.70. The molecule has 2 atom stereocenters. The van der Waals surface area contributed by atoms with Gasteiger partial charge < -0.3 is 11.1 Å². The molecule has 0 bridgehead atoms. The molecule has 0 radical (unpaired) electrons. The van der Waals surface area contributed by atoms with Crippen molar-refractivity contribution < 1.29 is 8.42 Å². The molecule has 1 saturated carbocycles. The average molecular weight is 282 g/mol. The summed E-state index contributed by atoms with van der Waals surface area (Å²) in [6.07, 6.45) is 5.05. The standard InChI is InChI=1S/C14H22N2O2S/c1-10-4-3-5-11(10)9-16-14-7-6-12(8-13(14)15)19(2,17)18/h6-8,10-11,16H,3-5,9,15H2,1-2H3. The van der Waals surface area contributed by atoms with E-state index in [0.717, 1.165) is 18.2 Å². The summed E-state index contributed by atoms with van der Waals surface area (Å²) in [5, 5.41) is 3.34. The Balaban J connectivity index is 2.05. The predicted molar refractivity (Wildman–Crippen MR) is 79.0 cm³/mol. The summed E-state index contributed by atoms with van der Waals surface area (Å²) < 4.78 is 22.9. The van der Waals surface area contributed by atoms with E-state index in [9.17, 15) is 8.42 Å². The molecule has 0 heterocycles. The van der Waals surface area contributed by atoms with E-state index < -0.39 is 9.84 Å². The molecule has 1 aromatic carbocycles. The van der Waals surface area contributed by atoms with Gasteiger partial charge in [-0.15, -0.1) is 0 Å². The van der Waals surface area contributed by atoms with E-state index in [0.29, 0.717) is 11.6 Å². The van der Waals surface area contributed by atoms with Crippen molar-refractivity contribution in [3.8, 4) is 0 Å². The van der Waals surface area contributed by atoms with E-state index in [1.165, 1.54) is 31.6 Å². The highest BCUT2D eigenvalue weighted by molar-refractivity contribution is 7.90. The topological polar surface area (TPSA) is 72.2 Å². The van der Waals surface area contributed by atoms with Crippen molar-refractivity contribution in [3.05, 3.63) is 18.2 Å². The minimum atomic E-state index is -3.19. The van der Waals surface area contributed by atoms with Gasteiger partial charge in [-0.2, -0.15) is 0 Å². The number of sulfone groups is 1. The lowest BCUT2D eigenvalue weighted by Gasteiger charge is -2.18. The normalized spacial score (nSPS) is 23.5. The zero-order valence-electron chi connectivity index (χ0n) is 11.5. The van der Waals surface area contributed by atoms with Crippen LogP contribution in [-0.2, 0) is 9.84 Å². The van der Waals surface area contributed by atoms with Crippen LogP contribution in [0.4, 0.5) is 11.4 Å². The third-order valence-corrected chi connectivity index (χ3v) is 5.16. The minimum absolute atomic E-state index is 0.268. The zero-order chi connectivity index (χ0) is 14.0. The van der Waals surface area contributed by atoms with Crippen molar-refractivity contribution in [1.29, 1.82) is 0 Å². The molecule has 1 aliphatic rings. The summed E-state index contributed by atoms with van der Waals surface area (Å²) >= 11 is 0. The largest absolute Gasteiger partial charge is 0.397 e. The van der Waals surface area contributed by atoms with E-state index in [1.54, 1.807) is 12.1 Å². The van der Waals surface area contributed by atoms with E-state index in [2.05, 4.69) is 12.2 Å². The summed E-state index contributed by atoms with van der Waals surface area (Å²) in [7, 11) is -3.19. The molecule has 1 aromatic rings. The maximum atomic E-state index is 11.4. The second-order valence-corrected chi connectivity index (χ2v) is 7.59. The van der Waals surface area contributed by atoms with Crippen LogP contribution in [0.1, 0.15) is 26.2 Å². The molecule has 5 heteroatoms. The lowest BCUT2D eigenvalue weighted by molar-refractivity contribution is 0.440. The molecule has 4 nitrogen and oxygen atoms in total. The molecule has 1 fully saturated rings. The first-order valence-electron chi connectivity index (χ1n) is 6.71. The van der Waals surface area contributed by atoms with Crippen LogP contribution in [0, 0.1) is 11.8 Å². The zero-order valence-corrected chi connectivity index (χ0v) is 12.3. The molecular formula is C14H22N2O2S. The Morgan fingerprint density at radius 3 is 2.63 bits per heavy atom. The number of benzene rings is 1. The lowest BCUT2D eigenvalue weighted by Crippen LogP contribution is -2.17. The van der Waals surface area contributed by atoms with E-state index in [4.69, 9.17) is 5.73 Å². The maximum Gasteiger partial charge on any atom is 0.175 e. The SMILES string of the molecule is CC1CCCC1CNc1ccc(S(C)(=O)=O)cc1N. The number of nitrogen functional groups attached to an aromatic ring is 1. The van der Waals surface area contributed by atoms with E-state index >= 15 is 0 Å². The maximum absolute atomic E-state index is 11.4. The van der Waals surface area contributed by atoms with Crippen molar-refractivity contribution in [1.82, 2.24) is 0 Å². The van der Waals surface area contributed by atoms with Gasteiger partial charge in [0.1, 0.15) is 0 Å². The minimum Gasteiger partial charge on any atom is -0.397 e. The number of anilines is 2. The predicted octanol–water partition coefficient (Wildman–Crippen LogP) is 2.52. The second-order valence-electron chi connectivity index (χ2n) is 5.57. The summed E-state index contributed by atoms with van der Waals surface area (Å²) in [4.78, 5) is 0.268. The van der Waals surface area contributed by atoms with Crippen LogP contribution < -0.4 is 11.1 Å². The highest BCUT2D eigenvalue weighted by Crippen LogP contribution is 2.32. The third-order valence-electron chi connectivity index (χ3n) is 4.05. The van der Waals surface area contributed by atoms with Gasteiger partial charge in [0.15, 0.2) is 9.84 Å². The number of hydrogen-bond donors (Lipinski definition) is 2. The first-order chi connectivity index (χ1) is 8.88. The molecule has 1 aliphatic carbocycles. The highest BCUT2D eigenvalue weighted by Gasteiger charge is 2.23. The van der Waals surface area contributed by atoms with E-state index in [-0.39, 0.29) is 4.90 Å². The Hall–Kier alpha value is -1.23. The van der Waals surface area contributed by atoms with Gasteiger partial charge in [0.25, 0.3) is 0 Å². The fourth-order valence-corrected chi connectivity index (χ4v) is 3.36. The molecule has 0 aromatic heterocycles. The third kappa shape index (κ3) is 3.41. The Morgan fingerprint density at radius 2 is 2.11 bits per heavy atom. The number of nitrogens with two attached hydrogens (primary N) is 1. The average Bonchev–Trinajstić information content (AvgIpc) is 2.72. The molecule has 106 valence electrons. The number of hydrogen-bond acceptors (Lipinski definition) is 4. The summed E-state index contributed by atoms with van der Waals surface area (Å²) in [5.74, 6) is 1.44. The smallest absolute Gasteiger partial charge is 0.175 e. The van der Waals surface area contributed by atoms with Crippen molar-refractivity contribution in [3.63, 3.8) is 0 Å². The quantitative estimate of drug-likeness (QED) is 0.832. The second kappa shape index (κ2) is 5.41. The summed E-state index contributed by atoms with van der Waals surface area (Å²) in [6.45, 7) is 3.19. The molecule has 0 amide bonds. The van der Waals surface area contributed by atoms with Crippen LogP contribution in [0.2, 0.25) is 0 Å². The first kappa shape index (κ1) is 14.2. The van der Waals surface area contributed by atoms with Gasteiger partial charge in [-0.05, 0) is 36.5 Å². The molecule has 3 N–H and O–H groups in total. The van der Waals surface area contributed by atoms with Gasteiger partial charge in [0, 0.05) is 12.8 Å². The van der Waals surface area contributed by atoms with Crippen molar-refractivity contribution in [2.24, 2.45) is 11.8 Å². The summed E-state index contributed by atoms with van der Waals surface area (Å²) in [6, 6.07) is 4.88. The lowest BCUT2D eigenvalue weighted by atomic mass is 9.98. The molecule has 2 rings (SSSR count). The molecule has 19 heavy (non-hydrogen) atoms. The van der Waals surface area contributed by atoms with Crippen LogP contribution in [0.15, 0.2) is 23.1 Å². The van der Waals surface area contributed by atoms with Crippen molar-refractivity contribution in [2.75, 3.05) is 23.9 Å². The number of nitrogens with one attached hydrogen (secondary N) is 1. The van der Waals surface area contributed by atoms with Crippen LogP contribution in [0.25, 0.3) is 0 Å². The van der Waals surface area contributed by atoms with Gasteiger partial charge in [-0.3, -0.25) is 0 Å². The van der Waals surface area contributed by atoms with Crippen LogP contribution >= 0.6 is 0 Å². The van der Waals surface area contributed by atoms with Gasteiger partial charge in [0.05, 0.1) is 16.3 Å².